The van der Waals surface area contributed by atoms with Gasteiger partial charge in [-0.3, -0.25) is 13.9 Å². The molecule has 0 radical (unpaired) electrons. The van der Waals surface area contributed by atoms with E-state index in [4.69, 9.17) is 11.6 Å². The first-order valence-electron chi connectivity index (χ1n) is 14.5. The van der Waals surface area contributed by atoms with Crippen LogP contribution in [0.5, 0.6) is 0 Å². The van der Waals surface area contributed by atoms with Crippen molar-refractivity contribution >= 4 is 39.1 Å². The number of sulfonamides is 1. The highest BCUT2D eigenvalue weighted by Gasteiger charge is 2.36. The van der Waals surface area contributed by atoms with Crippen LogP contribution < -0.4 is 9.62 Å². The van der Waals surface area contributed by atoms with Gasteiger partial charge in [-0.05, 0) is 69.2 Å². The zero-order valence-electron chi connectivity index (χ0n) is 25.7. The van der Waals surface area contributed by atoms with E-state index in [1.165, 1.54) is 35.2 Å². The van der Waals surface area contributed by atoms with Crippen molar-refractivity contribution in [3.8, 4) is 0 Å². The molecule has 0 aromatic heterocycles. The summed E-state index contributed by atoms with van der Waals surface area (Å²) in [5.41, 5.74) is 0.989. The number of nitrogens with one attached hydrogen (secondary N) is 1. The molecule has 0 aliphatic carbocycles. The molecule has 0 spiro atoms. The summed E-state index contributed by atoms with van der Waals surface area (Å²) in [7, 11) is -4.28. The Kier molecular flexibility index (Phi) is 10.7. The lowest BCUT2D eigenvalue weighted by atomic mass is 10.0. The first-order valence-corrected chi connectivity index (χ1v) is 16.3. The highest BCUT2D eigenvalue weighted by molar-refractivity contribution is 7.92. The number of anilines is 1. The summed E-state index contributed by atoms with van der Waals surface area (Å²) in [5, 5.41) is 3.28. The third-order valence-corrected chi connectivity index (χ3v) is 9.37. The smallest absolute Gasteiger partial charge is 0.264 e. The molecule has 0 fully saturated rings. The van der Waals surface area contributed by atoms with E-state index in [9.17, 15) is 18.0 Å². The minimum Gasteiger partial charge on any atom is -0.350 e. The predicted octanol–water partition coefficient (Wildman–Crippen LogP) is 6.54. The van der Waals surface area contributed by atoms with Crippen LogP contribution >= 0.6 is 11.6 Å². The standard InChI is InChI=1S/C35H37ClFN3O4S/c1-25-29(36)19-13-21-31(25)40(45(43,44)28-17-9-6-10-18-28)24-33(41)39(23-27-16-11-12-20-30(27)37)32(34(42)38-35(2,3)4)22-26-14-7-5-8-15-26/h5-21,32H,22-24H2,1-4H3,(H,38,42). The topological polar surface area (TPSA) is 86.8 Å². The van der Waals surface area contributed by atoms with Crippen molar-refractivity contribution in [1.82, 2.24) is 10.2 Å². The van der Waals surface area contributed by atoms with Gasteiger partial charge in [0.2, 0.25) is 11.8 Å². The number of carbonyl (C=O) groups is 2. The summed E-state index contributed by atoms with van der Waals surface area (Å²) >= 11 is 6.41. The van der Waals surface area contributed by atoms with Crippen LogP contribution in [0, 0.1) is 12.7 Å². The van der Waals surface area contributed by atoms with E-state index in [1.54, 1.807) is 49.4 Å². The molecule has 4 rings (SSSR count). The molecule has 45 heavy (non-hydrogen) atoms. The molecule has 7 nitrogen and oxygen atoms in total. The number of rotatable bonds is 11. The monoisotopic (exact) mass is 649 g/mol. The van der Waals surface area contributed by atoms with Gasteiger partial charge in [-0.1, -0.05) is 84.4 Å². The van der Waals surface area contributed by atoms with Crippen LogP contribution in [0.15, 0.2) is 108 Å². The minimum absolute atomic E-state index is 0.0239. The van der Waals surface area contributed by atoms with E-state index in [0.717, 1.165) is 9.87 Å². The van der Waals surface area contributed by atoms with Gasteiger partial charge in [-0.15, -0.1) is 0 Å². The largest absolute Gasteiger partial charge is 0.350 e. The zero-order chi connectivity index (χ0) is 32.8. The molecule has 1 atom stereocenters. The van der Waals surface area contributed by atoms with Crippen LogP contribution in [0.4, 0.5) is 10.1 Å². The van der Waals surface area contributed by atoms with Crippen molar-refractivity contribution in [2.24, 2.45) is 0 Å². The first-order chi connectivity index (χ1) is 21.3. The molecule has 0 aliphatic rings. The van der Waals surface area contributed by atoms with Gasteiger partial charge in [-0.2, -0.15) is 0 Å². The van der Waals surface area contributed by atoms with Crippen molar-refractivity contribution in [3.63, 3.8) is 0 Å². The summed E-state index contributed by atoms with van der Waals surface area (Å²) in [6, 6.07) is 26.6. The molecule has 0 aliphatic heterocycles. The van der Waals surface area contributed by atoms with Crippen molar-refractivity contribution in [1.29, 1.82) is 0 Å². The molecule has 236 valence electrons. The number of nitrogens with zero attached hydrogens (tertiary/aromatic N) is 2. The van der Waals surface area contributed by atoms with Gasteiger partial charge in [-0.25, -0.2) is 12.8 Å². The van der Waals surface area contributed by atoms with Crippen molar-refractivity contribution < 1.29 is 22.4 Å². The van der Waals surface area contributed by atoms with E-state index in [0.29, 0.717) is 10.6 Å². The molecule has 4 aromatic rings. The lowest BCUT2D eigenvalue weighted by Crippen LogP contribution is -2.56. The second kappa shape index (κ2) is 14.3. The Labute approximate surface area is 269 Å². The van der Waals surface area contributed by atoms with Crippen LogP contribution in [0.25, 0.3) is 0 Å². The molecule has 0 bridgehead atoms. The molecule has 4 aromatic carbocycles. The normalized spacial score (nSPS) is 12.3. The zero-order valence-corrected chi connectivity index (χ0v) is 27.3. The van der Waals surface area contributed by atoms with Crippen LogP contribution in [0.3, 0.4) is 0 Å². The molecular formula is C35H37ClFN3O4S. The molecule has 0 heterocycles. The number of benzene rings is 4. The summed E-state index contributed by atoms with van der Waals surface area (Å²) in [4.78, 5) is 29.7. The molecule has 1 unspecified atom stereocenters. The summed E-state index contributed by atoms with van der Waals surface area (Å²) in [5.74, 6) is -1.70. The number of amides is 2. The van der Waals surface area contributed by atoms with Crippen LogP contribution in [0.1, 0.15) is 37.5 Å². The number of hydrogen-bond acceptors (Lipinski definition) is 4. The Hall–Kier alpha value is -4.21. The van der Waals surface area contributed by atoms with Gasteiger partial charge in [0.1, 0.15) is 18.4 Å². The predicted molar refractivity (Wildman–Crippen MR) is 176 cm³/mol. The summed E-state index contributed by atoms with van der Waals surface area (Å²) in [6.07, 6.45) is 0.116. The van der Waals surface area contributed by atoms with Crippen molar-refractivity contribution in [3.05, 3.63) is 131 Å². The maximum absolute atomic E-state index is 15.1. The fraction of sp³-hybridized carbons (Fsp3) is 0.257. The number of carbonyl (C=O) groups excluding carboxylic acids is 2. The maximum Gasteiger partial charge on any atom is 0.264 e. The third-order valence-electron chi connectivity index (χ3n) is 7.19. The Morgan fingerprint density at radius 2 is 1.47 bits per heavy atom. The SMILES string of the molecule is Cc1c(Cl)cccc1N(CC(=O)N(Cc1ccccc1F)C(Cc1ccccc1)C(=O)NC(C)(C)C)S(=O)(=O)c1ccccc1. The van der Waals surface area contributed by atoms with Crippen molar-refractivity contribution in [2.45, 2.75) is 57.1 Å². The van der Waals surface area contributed by atoms with Crippen molar-refractivity contribution in [2.75, 3.05) is 10.8 Å². The quantitative estimate of drug-likeness (QED) is 0.200. The number of hydrogen-bond donors (Lipinski definition) is 1. The van der Waals surface area contributed by atoms with Gasteiger partial charge >= 0.3 is 0 Å². The third kappa shape index (κ3) is 8.49. The van der Waals surface area contributed by atoms with Crippen LogP contribution in [-0.2, 0) is 32.6 Å². The molecule has 0 saturated carbocycles. The van der Waals surface area contributed by atoms with E-state index in [1.807, 2.05) is 51.1 Å². The Bertz CT molecular complexity index is 1750. The highest BCUT2D eigenvalue weighted by atomic mass is 35.5. The Balaban J connectivity index is 1.85. The first kappa shape index (κ1) is 33.7. The van der Waals surface area contributed by atoms with Gasteiger partial charge in [0.15, 0.2) is 0 Å². The highest BCUT2D eigenvalue weighted by Crippen LogP contribution is 2.31. The molecule has 2 amide bonds. The fourth-order valence-corrected chi connectivity index (χ4v) is 6.58. The summed E-state index contributed by atoms with van der Waals surface area (Å²) < 4.78 is 44.3. The van der Waals surface area contributed by atoms with Gasteiger partial charge in [0, 0.05) is 29.1 Å². The second-order valence-corrected chi connectivity index (χ2v) is 14.0. The van der Waals surface area contributed by atoms with Crippen LogP contribution in [0.2, 0.25) is 5.02 Å². The van der Waals surface area contributed by atoms with Gasteiger partial charge < -0.3 is 10.2 Å². The van der Waals surface area contributed by atoms with Crippen LogP contribution in [-0.4, -0.2) is 43.3 Å². The number of halogens is 2. The minimum atomic E-state index is -4.28. The molecule has 0 saturated heterocycles. The summed E-state index contributed by atoms with van der Waals surface area (Å²) in [6.45, 7) is 6.20. The van der Waals surface area contributed by atoms with E-state index >= 15 is 4.39 Å². The Morgan fingerprint density at radius 3 is 2.09 bits per heavy atom. The molecular weight excluding hydrogens is 613 g/mol. The lowest BCUT2D eigenvalue weighted by molar-refractivity contribution is -0.140. The average molecular weight is 650 g/mol. The Morgan fingerprint density at radius 1 is 0.867 bits per heavy atom. The fourth-order valence-electron chi connectivity index (χ4n) is 4.92. The second-order valence-electron chi connectivity index (χ2n) is 11.8. The van der Waals surface area contributed by atoms with E-state index < -0.39 is 45.8 Å². The van der Waals surface area contributed by atoms with Gasteiger partial charge in [0.05, 0.1) is 10.6 Å². The van der Waals surface area contributed by atoms with Gasteiger partial charge in [0.25, 0.3) is 10.0 Å². The van der Waals surface area contributed by atoms with E-state index in [-0.39, 0.29) is 29.1 Å². The molecule has 10 heteroatoms. The lowest BCUT2D eigenvalue weighted by Gasteiger charge is -2.35. The van der Waals surface area contributed by atoms with E-state index in [2.05, 4.69) is 5.32 Å². The maximum atomic E-state index is 15.1. The average Bonchev–Trinajstić information content (AvgIpc) is 3.00. The molecule has 1 N–H and O–H groups in total.